The molecular weight excluding hydrogens is 346 g/mol. The number of aromatic nitrogens is 1. The lowest BCUT2D eigenvalue weighted by atomic mass is 9.90. The Hall–Kier alpha value is -2.31. The van der Waals surface area contributed by atoms with E-state index in [0.29, 0.717) is 49.4 Å². The van der Waals surface area contributed by atoms with Gasteiger partial charge in [0.05, 0.1) is 5.56 Å². The molecule has 2 amide bonds. The van der Waals surface area contributed by atoms with E-state index in [9.17, 15) is 14.4 Å². The predicted octanol–water partition coefficient (Wildman–Crippen LogP) is 2.37. The lowest BCUT2D eigenvalue weighted by Gasteiger charge is -2.28. The van der Waals surface area contributed by atoms with Crippen molar-refractivity contribution in [2.45, 2.75) is 60.6 Å². The van der Waals surface area contributed by atoms with Crippen LogP contribution in [0.1, 0.15) is 67.4 Å². The highest BCUT2D eigenvalue weighted by Gasteiger charge is 2.31. The topological polar surface area (TPSA) is 80.6 Å². The third kappa shape index (κ3) is 4.90. The van der Waals surface area contributed by atoms with Crippen LogP contribution in [0.4, 0.5) is 0 Å². The molecule has 0 aromatic carbocycles. The number of amides is 2. The van der Waals surface area contributed by atoms with Crippen molar-refractivity contribution in [1.29, 1.82) is 0 Å². The van der Waals surface area contributed by atoms with E-state index in [1.165, 1.54) is 6.92 Å². The third-order valence-electron chi connectivity index (χ3n) is 5.13. The minimum absolute atomic E-state index is 0.0719. The fraction of sp³-hybridized carbons (Fsp3) is 0.650. The molecule has 7 nitrogen and oxygen atoms in total. The fourth-order valence-electron chi connectivity index (χ4n) is 2.95. The Morgan fingerprint density at radius 3 is 2.56 bits per heavy atom. The predicted molar refractivity (Wildman–Crippen MR) is 103 cm³/mol. The van der Waals surface area contributed by atoms with Crippen LogP contribution in [0.3, 0.4) is 0 Å². The minimum atomic E-state index is -0.387. The summed E-state index contributed by atoms with van der Waals surface area (Å²) in [5.74, 6) is -0.538. The van der Waals surface area contributed by atoms with Crippen molar-refractivity contribution in [3.8, 4) is 0 Å². The Morgan fingerprint density at radius 2 is 1.96 bits per heavy atom. The molecule has 0 radical (unpaired) electrons. The number of rotatable bonds is 6. The number of fused-ring (bicyclic) bond motifs is 1. The maximum absolute atomic E-state index is 12.8. The maximum atomic E-state index is 12.8. The molecule has 0 saturated carbocycles. The molecule has 150 valence electrons. The summed E-state index contributed by atoms with van der Waals surface area (Å²) in [6.45, 7) is 13.6. The quantitative estimate of drug-likeness (QED) is 0.610. The molecule has 2 rings (SSSR count). The maximum Gasteiger partial charge on any atom is 0.340 e. The molecule has 0 spiro atoms. The number of carbonyl (C=O) groups excluding carboxylic acids is 3. The molecule has 1 aromatic rings. The highest BCUT2D eigenvalue weighted by Crippen LogP contribution is 2.26. The summed E-state index contributed by atoms with van der Waals surface area (Å²) in [6.07, 6.45) is 2.19. The molecule has 7 heteroatoms. The van der Waals surface area contributed by atoms with Gasteiger partial charge in [-0.25, -0.2) is 4.79 Å². The molecule has 0 bridgehead atoms. The molecule has 1 unspecified atom stereocenters. The Labute approximate surface area is 161 Å². The van der Waals surface area contributed by atoms with Crippen molar-refractivity contribution in [2.75, 3.05) is 19.6 Å². The first kappa shape index (κ1) is 21.0. The summed E-state index contributed by atoms with van der Waals surface area (Å²) >= 11 is 0. The van der Waals surface area contributed by atoms with E-state index >= 15 is 0 Å². The van der Waals surface area contributed by atoms with Crippen LogP contribution in [0.15, 0.2) is 6.20 Å². The summed E-state index contributed by atoms with van der Waals surface area (Å²) in [6, 6.07) is 0. The number of nitrogens with one attached hydrogen (secondary N) is 1. The molecule has 27 heavy (non-hydrogen) atoms. The molecular formula is C20H31N3O4. The Kier molecular flexibility index (Phi) is 6.34. The van der Waals surface area contributed by atoms with Crippen LogP contribution in [0.5, 0.6) is 0 Å². The molecule has 1 aromatic heterocycles. The zero-order chi connectivity index (χ0) is 20.4. The largest absolute Gasteiger partial charge is 0.458 e. The fourth-order valence-corrected chi connectivity index (χ4v) is 2.95. The van der Waals surface area contributed by atoms with Gasteiger partial charge in [-0.05, 0) is 31.2 Å². The van der Waals surface area contributed by atoms with Crippen LogP contribution >= 0.6 is 0 Å². The normalized spacial score (nSPS) is 15.3. The van der Waals surface area contributed by atoms with Crippen molar-refractivity contribution in [2.24, 2.45) is 5.41 Å². The molecule has 0 fully saturated rings. The first-order chi connectivity index (χ1) is 12.5. The molecule has 0 aliphatic carbocycles. The van der Waals surface area contributed by atoms with E-state index in [1.807, 2.05) is 32.3 Å². The number of hydrogen-bond acceptors (Lipinski definition) is 4. The van der Waals surface area contributed by atoms with Gasteiger partial charge >= 0.3 is 5.97 Å². The average Bonchev–Trinajstić information content (AvgIpc) is 2.90. The summed E-state index contributed by atoms with van der Waals surface area (Å²) in [7, 11) is 0. The number of ether oxygens (including phenoxy) is 1. The van der Waals surface area contributed by atoms with E-state index in [-0.39, 0.29) is 29.3 Å². The van der Waals surface area contributed by atoms with Crippen LogP contribution in [0.2, 0.25) is 0 Å². The Bertz CT molecular complexity index is 730. The van der Waals surface area contributed by atoms with Gasteiger partial charge < -0.3 is 19.5 Å². The number of esters is 1. The van der Waals surface area contributed by atoms with Crippen molar-refractivity contribution in [3.63, 3.8) is 0 Å². The summed E-state index contributed by atoms with van der Waals surface area (Å²) in [5.41, 5.74) is 1.52. The standard InChI is InChI=1S/C20H31N3O4/c1-13-16(19(26)27-14(2)20(4,5)6)12-23-11-10-22(18(25)17(13)23)9-7-8-21-15(3)24/h12,14H,7-11H2,1-6H3,(H,21,24). The van der Waals surface area contributed by atoms with E-state index in [0.717, 1.165) is 0 Å². The molecule has 1 aliphatic rings. The molecule has 1 atom stereocenters. The minimum Gasteiger partial charge on any atom is -0.458 e. The lowest BCUT2D eigenvalue weighted by molar-refractivity contribution is -0.118. The van der Waals surface area contributed by atoms with E-state index in [1.54, 1.807) is 18.0 Å². The summed E-state index contributed by atoms with van der Waals surface area (Å²) < 4.78 is 7.45. The highest BCUT2D eigenvalue weighted by atomic mass is 16.5. The van der Waals surface area contributed by atoms with Crippen molar-refractivity contribution in [1.82, 2.24) is 14.8 Å². The van der Waals surface area contributed by atoms with Gasteiger partial charge in [0.15, 0.2) is 0 Å². The van der Waals surface area contributed by atoms with Gasteiger partial charge in [-0.1, -0.05) is 20.8 Å². The van der Waals surface area contributed by atoms with Crippen LogP contribution in [-0.4, -0.2) is 53.0 Å². The number of hydrogen-bond donors (Lipinski definition) is 1. The van der Waals surface area contributed by atoms with Gasteiger partial charge in [-0.15, -0.1) is 0 Å². The number of carbonyl (C=O) groups is 3. The second kappa shape index (κ2) is 8.15. The van der Waals surface area contributed by atoms with Crippen LogP contribution in [0, 0.1) is 12.3 Å². The smallest absolute Gasteiger partial charge is 0.340 e. The highest BCUT2D eigenvalue weighted by molar-refractivity contribution is 6.00. The van der Waals surface area contributed by atoms with Crippen molar-refractivity contribution >= 4 is 17.8 Å². The van der Waals surface area contributed by atoms with Gasteiger partial charge in [0.25, 0.3) is 5.91 Å². The van der Waals surface area contributed by atoms with Gasteiger partial charge in [0, 0.05) is 39.3 Å². The molecule has 0 saturated heterocycles. The van der Waals surface area contributed by atoms with E-state index in [4.69, 9.17) is 4.74 Å². The number of nitrogens with zero attached hydrogens (tertiary/aromatic N) is 2. The van der Waals surface area contributed by atoms with Crippen LogP contribution in [-0.2, 0) is 16.1 Å². The SMILES string of the molecule is CC(=O)NCCCN1CCn2cc(C(=O)OC(C)C(C)(C)C)c(C)c2C1=O. The van der Waals surface area contributed by atoms with Gasteiger partial charge in [0.1, 0.15) is 11.8 Å². The van der Waals surface area contributed by atoms with Crippen molar-refractivity contribution in [3.05, 3.63) is 23.0 Å². The second-order valence-corrected chi connectivity index (χ2v) is 8.25. The van der Waals surface area contributed by atoms with Crippen LogP contribution in [0.25, 0.3) is 0 Å². The summed E-state index contributed by atoms with van der Waals surface area (Å²) in [4.78, 5) is 38.2. The second-order valence-electron chi connectivity index (χ2n) is 8.25. The summed E-state index contributed by atoms with van der Waals surface area (Å²) in [5, 5.41) is 2.74. The Morgan fingerprint density at radius 1 is 1.30 bits per heavy atom. The van der Waals surface area contributed by atoms with Gasteiger partial charge in [-0.3, -0.25) is 9.59 Å². The average molecular weight is 377 g/mol. The zero-order valence-electron chi connectivity index (χ0n) is 17.2. The lowest BCUT2D eigenvalue weighted by Crippen LogP contribution is -2.41. The molecule has 1 N–H and O–H groups in total. The zero-order valence-corrected chi connectivity index (χ0v) is 17.2. The first-order valence-electron chi connectivity index (χ1n) is 9.46. The van der Waals surface area contributed by atoms with Gasteiger partial charge in [0.2, 0.25) is 5.91 Å². The molecule has 2 heterocycles. The first-order valence-corrected chi connectivity index (χ1v) is 9.46. The van der Waals surface area contributed by atoms with E-state index < -0.39 is 0 Å². The van der Waals surface area contributed by atoms with Crippen molar-refractivity contribution < 1.29 is 19.1 Å². The van der Waals surface area contributed by atoms with Gasteiger partial charge in [-0.2, -0.15) is 0 Å². The molecule has 1 aliphatic heterocycles. The monoisotopic (exact) mass is 377 g/mol. The third-order valence-corrected chi connectivity index (χ3v) is 5.13. The van der Waals surface area contributed by atoms with E-state index in [2.05, 4.69) is 5.32 Å². The Balaban J connectivity index is 2.09. The van der Waals surface area contributed by atoms with Crippen LogP contribution < -0.4 is 5.32 Å².